The van der Waals surface area contributed by atoms with Crippen LogP contribution in [0.3, 0.4) is 0 Å². The molecule has 108 valence electrons. The van der Waals surface area contributed by atoms with Gasteiger partial charge in [0.05, 0.1) is 0 Å². The smallest absolute Gasteiger partial charge is 0.137 e. The van der Waals surface area contributed by atoms with Crippen LogP contribution in [0.5, 0.6) is 0 Å². The maximum absolute atomic E-state index is 11.0. The van der Waals surface area contributed by atoms with E-state index < -0.39 is 5.23 Å². The van der Waals surface area contributed by atoms with Gasteiger partial charge in [0.2, 0.25) is 0 Å². The van der Waals surface area contributed by atoms with Gasteiger partial charge in [-0.25, -0.2) is 5.21 Å². The second-order valence-corrected chi connectivity index (χ2v) is 5.17. The highest BCUT2D eigenvalue weighted by Gasteiger charge is 2.09. The minimum atomic E-state index is -0.883. The maximum atomic E-state index is 11.0. The third-order valence-corrected chi connectivity index (χ3v) is 3.83. The Bertz CT molecular complexity index is 831. The van der Waals surface area contributed by atoms with Crippen LogP contribution in [-0.4, -0.2) is 9.77 Å². The summed E-state index contributed by atoms with van der Waals surface area (Å²) in [5.41, 5.74) is 3.66. The van der Waals surface area contributed by atoms with E-state index in [1.54, 1.807) is 13.0 Å². The molecule has 1 atom stereocenters. The molecule has 0 fully saturated rings. The molecule has 0 aliphatic carbocycles. The molecule has 0 bridgehead atoms. The van der Waals surface area contributed by atoms with Crippen LogP contribution in [0.15, 0.2) is 48.2 Å². The van der Waals surface area contributed by atoms with E-state index in [-0.39, 0.29) is 0 Å². The van der Waals surface area contributed by atoms with Gasteiger partial charge in [0.1, 0.15) is 5.70 Å². The van der Waals surface area contributed by atoms with Gasteiger partial charge in [-0.1, -0.05) is 24.3 Å². The van der Waals surface area contributed by atoms with Crippen molar-refractivity contribution in [3.63, 3.8) is 0 Å². The molecular formula is C17H18N2O2. The van der Waals surface area contributed by atoms with Crippen molar-refractivity contribution >= 4 is 27.9 Å². The highest BCUT2D eigenvalue weighted by Crippen LogP contribution is 2.29. The first-order valence-electron chi connectivity index (χ1n) is 7.04. The summed E-state index contributed by atoms with van der Waals surface area (Å²) in [6.07, 6.45) is 1.71. The molecule has 2 N–H and O–H groups in total. The zero-order valence-electron chi connectivity index (χ0n) is 12.1. The van der Waals surface area contributed by atoms with Crippen LogP contribution in [0, 0.1) is 5.21 Å². The second-order valence-electron chi connectivity index (χ2n) is 5.17. The average Bonchev–Trinajstić information content (AvgIpc) is 2.80. The normalized spacial score (nSPS) is 14.0. The predicted octanol–water partition coefficient (Wildman–Crippen LogP) is 2.95. The Labute approximate surface area is 123 Å². The van der Waals surface area contributed by atoms with E-state index >= 15 is 0 Å². The standard InChI is InChI=1S/C17H18N2O2/c1-3-18-16-7-5-4-6-14(16)15-11-13(8-9-17(15)18)10-12(2)19(20)21/h4-11,19-20H,3H2,1-2H3. The van der Waals surface area contributed by atoms with Gasteiger partial charge in [-0.05, 0) is 30.7 Å². The fourth-order valence-electron chi connectivity index (χ4n) is 2.81. The number of hydroxylamine groups is 2. The Morgan fingerprint density at radius 3 is 2.62 bits per heavy atom. The Hall–Kier alpha value is -2.14. The van der Waals surface area contributed by atoms with E-state index in [0.717, 1.165) is 12.1 Å². The molecule has 1 heterocycles. The monoisotopic (exact) mass is 282 g/mol. The molecule has 21 heavy (non-hydrogen) atoms. The third-order valence-electron chi connectivity index (χ3n) is 3.83. The minimum Gasteiger partial charge on any atom is -0.595 e. The molecule has 1 unspecified atom stereocenters. The first-order valence-corrected chi connectivity index (χ1v) is 7.04. The van der Waals surface area contributed by atoms with Crippen LogP contribution < -0.4 is 5.23 Å². The van der Waals surface area contributed by atoms with Gasteiger partial charge in [0.15, 0.2) is 0 Å². The molecule has 0 saturated carbocycles. The quantitative estimate of drug-likeness (QED) is 0.726. The number of para-hydroxylation sites is 1. The van der Waals surface area contributed by atoms with Crippen molar-refractivity contribution in [1.29, 1.82) is 0 Å². The number of nitrogens with zero attached hydrogens (tertiary/aromatic N) is 1. The van der Waals surface area contributed by atoms with E-state index in [2.05, 4.69) is 35.8 Å². The molecule has 0 amide bonds. The lowest BCUT2D eigenvalue weighted by Crippen LogP contribution is -3.02. The Morgan fingerprint density at radius 1 is 1.19 bits per heavy atom. The number of hydrogen-bond acceptors (Lipinski definition) is 2. The van der Waals surface area contributed by atoms with Crippen molar-refractivity contribution in [2.24, 2.45) is 0 Å². The van der Waals surface area contributed by atoms with Crippen molar-refractivity contribution in [3.8, 4) is 0 Å². The number of aromatic nitrogens is 1. The van der Waals surface area contributed by atoms with Crippen LogP contribution in [-0.2, 0) is 6.54 Å². The first-order chi connectivity index (χ1) is 10.1. The SMILES string of the molecule is CCn1c2ccccc2c2cc(C=C(C)[NH+]([O-])O)ccc21. The van der Waals surface area contributed by atoms with Crippen LogP contribution in [0.4, 0.5) is 0 Å². The van der Waals surface area contributed by atoms with Gasteiger partial charge in [0, 0.05) is 41.4 Å². The summed E-state index contributed by atoms with van der Waals surface area (Å²) in [4.78, 5) is 0. The lowest BCUT2D eigenvalue weighted by atomic mass is 10.1. The van der Waals surface area contributed by atoms with Crippen LogP contribution in [0.2, 0.25) is 0 Å². The number of benzene rings is 2. The topological polar surface area (TPSA) is 52.7 Å². The molecule has 1 aromatic heterocycles. The van der Waals surface area contributed by atoms with E-state index in [4.69, 9.17) is 5.21 Å². The molecule has 0 radical (unpaired) electrons. The zero-order valence-corrected chi connectivity index (χ0v) is 12.1. The number of quaternary nitrogens is 1. The van der Waals surface area contributed by atoms with E-state index in [1.807, 2.05) is 18.2 Å². The van der Waals surface area contributed by atoms with Gasteiger partial charge < -0.3 is 9.77 Å². The molecular weight excluding hydrogens is 264 g/mol. The number of hydrogen-bond donors (Lipinski definition) is 2. The van der Waals surface area contributed by atoms with Crippen molar-refractivity contribution in [2.45, 2.75) is 20.4 Å². The molecule has 2 aromatic carbocycles. The van der Waals surface area contributed by atoms with Gasteiger partial charge in [-0.15, -0.1) is 0 Å². The Morgan fingerprint density at radius 2 is 1.90 bits per heavy atom. The van der Waals surface area contributed by atoms with E-state index in [1.165, 1.54) is 21.8 Å². The highest BCUT2D eigenvalue weighted by atomic mass is 16.8. The lowest BCUT2D eigenvalue weighted by molar-refractivity contribution is -1.01. The minimum absolute atomic E-state index is 0.341. The fourth-order valence-corrected chi connectivity index (χ4v) is 2.81. The van der Waals surface area contributed by atoms with Crippen LogP contribution >= 0.6 is 0 Å². The summed E-state index contributed by atoms with van der Waals surface area (Å²) in [5.74, 6) is 0. The number of allylic oxidation sites excluding steroid dienone is 1. The Balaban J connectivity index is 2.27. The summed E-state index contributed by atoms with van der Waals surface area (Å²) in [6, 6.07) is 14.4. The summed E-state index contributed by atoms with van der Waals surface area (Å²) < 4.78 is 2.28. The molecule has 3 rings (SSSR count). The molecule has 0 aliphatic heterocycles. The fraction of sp³-hybridized carbons (Fsp3) is 0.176. The molecule has 3 aromatic rings. The summed E-state index contributed by atoms with van der Waals surface area (Å²) in [6.45, 7) is 4.66. The van der Waals surface area contributed by atoms with Crippen molar-refractivity contribution in [1.82, 2.24) is 4.57 Å². The summed E-state index contributed by atoms with van der Waals surface area (Å²) in [5, 5.41) is 21.4. The van der Waals surface area contributed by atoms with Crippen molar-refractivity contribution < 1.29 is 10.4 Å². The van der Waals surface area contributed by atoms with Gasteiger partial charge in [0.25, 0.3) is 0 Å². The van der Waals surface area contributed by atoms with Gasteiger partial charge >= 0.3 is 0 Å². The van der Waals surface area contributed by atoms with E-state index in [0.29, 0.717) is 5.70 Å². The third kappa shape index (κ3) is 2.34. The zero-order chi connectivity index (χ0) is 15.0. The highest BCUT2D eigenvalue weighted by molar-refractivity contribution is 6.08. The Kier molecular flexibility index (Phi) is 3.51. The summed E-state index contributed by atoms with van der Waals surface area (Å²) >= 11 is 0. The lowest BCUT2D eigenvalue weighted by Gasteiger charge is -2.11. The number of rotatable bonds is 3. The summed E-state index contributed by atoms with van der Waals surface area (Å²) in [7, 11) is 0. The molecule has 0 aliphatic rings. The van der Waals surface area contributed by atoms with Crippen molar-refractivity contribution in [3.05, 3.63) is 58.9 Å². The van der Waals surface area contributed by atoms with Gasteiger partial charge in [-0.3, -0.25) is 0 Å². The van der Waals surface area contributed by atoms with Crippen molar-refractivity contribution in [2.75, 3.05) is 0 Å². The van der Waals surface area contributed by atoms with Crippen LogP contribution in [0.1, 0.15) is 19.4 Å². The average molecular weight is 282 g/mol. The molecule has 0 saturated heterocycles. The van der Waals surface area contributed by atoms with E-state index in [9.17, 15) is 5.21 Å². The maximum Gasteiger partial charge on any atom is 0.137 e. The second kappa shape index (κ2) is 5.33. The number of aryl methyl sites for hydroxylation is 1. The first kappa shape index (κ1) is 13.8. The number of fused-ring (bicyclic) bond motifs is 3. The molecule has 4 nitrogen and oxygen atoms in total. The van der Waals surface area contributed by atoms with Crippen LogP contribution in [0.25, 0.3) is 27.9 Å². The van der Waals surface area contributed by atoms with Gasteiger partial charge in [-0.2, -0.15) is 5.23 Å². The largest absolute Gasteiger partial charge is 0.595 e. The molecule has 4 heteroatoms. The predicted molar refractivity (Wildman–Crippen MR) is 84.9 cm³/mol. The number of nitrogens with one attached hydrogen (secondary N) is 1. The molecule has 0 spiro atoms.